The van der Waals surface area contributed by atoms with Crippen LogP contribution in [0.2, 0.25) is 0 Å². The molecular formula is C24H24N4O3. The molecule has 2 amide bonds. The zero-order valence-corrected chi connectivity index (χ0v) is 17.4. The number of ether oxygens (including phenoxy) is 1. The van der Waals surface area contributed by atoms with Crippen molar-refractivity contribution in [2.24, 2.45) is 5.92 Å². The van der Waals surface area contributed by atoms with E-state index in [1.54, 1.807) is 18.2 Å². The van der Waals surface area contributed by atoms with E-state index in [0.717, 1.165) is 29.6 Å². The zero-order valence-electron chi connectivity index (χ0n) is 17.4. The average Bonchev–Trinajstić information content (AvgIpc) is 3.27. The van der Waals surface area contributed by atoms with E-state index in [1.807, 2.05) is 35.4 Å². The Labute approximate surface area is 180 Å². The minimum Gasteiger partial charge on any atom is -0.495 e. The lowest BCUT2D eigenvalue weighted by molar-refractivity contribution is -0.111. The lowest BCUT2D eigenvalue weighted by Gasteiger charge is -2.18. The molecule has 7 heteroatoms. The van der Waals surface area contributed by atoms with Crippen molar-refractivity contribution in [2.45, 2.75) is 12.8 Å². The molecule has 1 N–H and O–H groups in total. The van der Waals surface area contributed by atoms with E-state index >= 15 is 0 Å². The van der Waals surface area contributed by atoms with E-state index in [2.05, 4.69) is 21.9 Å². The molecule has 1 saturated heterocycles. The fourth-order valence-electron chi connectivity index (χ4n) is 3.84. The average molecular weight is 416 g/mol. The third-order valence-corrected chi connectivity index (χ3v) is 5.47. The van der Waals surface area contributed by atoms with Crippen molar-refractivity contribution in [3.05, 3.63) is 72.7 Å². The standard InChI is InChI=1S/C24H24N4O3/c1-3-23(29)27-20-9-8-17(13-21(20)31-2)24(30)28-11-10-16(15-28)12-22-25-14-18-6-4-5-7-19(18)26-22/h3-9,13-14,16H,1,10-12,15H2,2H3,(H,27,29)/t16-/m0/s1. The summed E-state index contributed by atoms with van der Waals surface area (Å²) in [5.74, 6) is 1.17. The number of fused-ring (bicyclic) bond motifs is 1. The number of carbonyl (C=O) groups excluding carboxylic acids is 2. The molecule has 0 bridgehead atoms. The van der Waals surface area contributed by atoms with Crippen molar-refractivity contribution in [3.8, 4) is 5.75 Å². The molecule has 7 nitrogen and oxygen atoms in total. The molecule has 1 fully saturated rings. The van der Waals surface area contributed by atoms with Gasteiger partial charge in [0.15, 0.2) is 0 Å². The predicted molar refractivity (Wildman–Crippen MR) is 119 cm³/mol. The zero-order chi connectivity index (χ0) is 21.8. The van der Waals surface area contributed by atoms with Crippen LogP contribution in [-0.2, 0) is 11.2 Å². The van der Waals surface area contributed by atoms with E-state index in [1.165, 1.54) is 13.2 Å². The molecule has 0 radical (unpaired) electrons. The lowest BCUT2D eigenvalue weighted by atomic mass is 10.0. The summed E-state index contributed by atoms with van der Waals surface area (Å²) in [5, 5.41) is 3.70. The summed E-state index contributed by atoms with van der Waals surface area (Å²) in [6.07, 6.45) is 4.69. The van der Waals surface area contributed by atoms with Crippen molar-refractivity contribution in [1.82, 2.24) is 14.9 Å². The number of hydrogen-bond acceptors (Lipinski definition) is 5. The van der Waals surface area contributed by atoms with Crippen LogP contribution in [0.1, 0.15) is 22.6 Å². The molecule has 4 rings (SSSR count). The van der Waals surface area contributed by atoms with Crippen LogP contribution in [0, 0.1) is 5.92 Å². The first-order chi connectivity index (χ1) is 15.1. The molecule has 3 aromatic rings. The van der Waals surface area contributed by atoms with Crippen molar-refractivity contribution in [2.75, 3.05) is 25.5 Å². The van der Waals surface area contributed by atoms with E-state index < -0.39 is 0 Å². The number of methoxy groups -OCH3 is 1. The Bertz CT molecular complexity index is 1140. The minimum absolute atomic E-state index is 0.0539. The van der Waals surface area contributed by atoms with Gasteiger partial charge in [-0.25, -0.2) is 9.97 Å². The largest absolute Gasteiger partial charge is 0.495 e. The summed E-state index contributed by atoms with van der Waals surface area (Å²) in [5.41, 5.74) is 1.96. The highest BCUT2D eigenvalue weighted by atomic mass is 16.5. The van der Waals surface area contributed by atoms with E-state index in [0.29, 0.717) is 36.0 Å². The SMILES string of the molecule is C=CC(=O)Nc1ccc(C(=O)N2CC[C@@H](Cc3ncc4ccccc4n3)C2)cc1OC. The van der Waals surface area contributed by atoms with E-state index in [-0.39, 0.29) is 11.8 Å². The highest BCUT2D eigenvalue weighted by Crippen LogP contribution is 2.28. The van der Waals surface area contributed by atoms with Crippen LogP contribution in [-0.4, -0.2) is 46.9 Å². The van der Waals surface area contributed by atoms with Crippen LogP contribution >= 0.6 is 0 Å². The van der Waals surface area contributed by atoms with Gasteiger partial charge in [0.05, 0.1) is 18.3 Å². The number of para-hydroxylation sites is 1. The van der Waals surface area contributed by atoms with Crippen molar-refractivity contribution in [3.63, 3.8) is 0 Å². The molecule has 1 aliphatic heterocycles. The summed E-state index contributed by atoms with van der Waals surface area (Å²) < 4.78 is 5.34. The second-order valence-corrected chi connectivity index (χ2v) is 7.56. The summed E-state index contributed by atoms with van der Waals surface area (Å²) >= 11 is 0. The van der Waals surface area contributed by atoms with Crippen molar-refractivity contribution >= 4 is 28.4 Å². The summed E-state index contributed by atoms with van der Waals surface area (Å²) in [7, 11) is 1.50. The van der Waals surface area contributed by atoms with Crippen molar-refractivity contribution < 1.29 is 14.3 Å². The first-order valence-corrected chi connectivity index (χ1v) is 10.2. The molecule has 0 unspecified atom stereocenters. The quantitative estimate of drug-likeness (QED) is 0.622. The predicted octanol–water partition coefficient (Wildman–Crippen LogP) is 3.47. The Morgan fingerprint density at radius 3 is 2.94 bits per heavy atom. The normalized spacial score (nSPS) is 15.6. The lowest BCUT2D eigenvalue weighted by Crippen LogP contribution is -2.29. The number of likely N-dealkylation sites (tertiary alicyclic amines) is 1. The molecule has 2 aromatic carbocycles. The third kappa shape index (κ3) is 4.55. The maximum absolute atomic E-state index is 13.0. The topological polar surface area (TPSA) is 84.4 Å². The third-order valence-electron chi connectivity index (χ3n) is 5.47. The summed E-state index contributed by atoms with van der Waals surface area (Å²) in [6, 6.07) is 12.9. The molecule has 0 saturated carbocycles. The minimum atomic E-state index is -0.337. The van der Waals surface area contributed by atoms with Gasteiger partial charge in [-0.2, -0.15) is 0 Å². The van der Waals surface area contributed by atoms with Gasteiger partial charge in [0.25, 0.3) is 5.91 Å². The number of hydrogen-bond donors (Lipinski definition) is 1. The molecule has 0 spiro atoms. The van der Waals surface area contributed by atoms with Crippen LogP contribution in [0.25, 0.3) is 10.9 Å². The van der Waals surface area contributed by atoms with Gasteiger partial charge in [-0.3, -0.25) is 9.59 Å². The van der Waals surface area contributed by atoms with Crippen LogP contribution in [0.3, 0.4) is 0 Å². The smallest absolute Gasteiger partial charge is 0.254 e. The molecule has 1 aromatic heterocycles. The Hall–Kier alpha value is -3.74. The second kappa shape index (κ2) is 8.95. The number of aromatic nitrogens is 2. The molecule has 31 heavy (non-hydrogen) atoms. The molecule has 2 heterocycles. The Balaban J connectivity index is 1.43. The Morgan fingerprint density at radius 2 is 2.13 bits per heavy atom. The number of anilines is 1. The number of carbonyl (C=O) groups is 2. The summed E-state index contributed by atoms with van der Waals surface area (Å²) in [6.45, 7) is 4.79. The maximum Gasteiger partial charge on any atom is 0.254 e. The second-order valence-electron chi connectivity index (χ2n) is 7.56. The monoisotopic (exact) mass is 416 g/mol. The first kappa shape index (κ1) is 20.5. The van der Waals surface area contributed by atoms with E-state index in [9.17, 15) is 9.59 Å². The van der Waals surface area contributed by atoms with Crippen LogP contribution in [0.15, 0.2) is 61.3 Å². The molecule has 158 valence electrons. The van der Waals surface area contributed by atoms with Gasteiger partial charge < -0.3 is 15.0 Å². The number of amides is 2. The van der Waals surface area contributed by atoms with Gasteiger partial charge in [-0.15, -0.1) is 0 Å². The molecule has 1 aliphatic rings. The number of nitrogens with zero attached hydrogens (tertiary/aromatic N) is 3. The van der Waals surface area contributed by atoms with Gasteiger partial charge in [0.1, 0.15) is 11.6 Å². The van der Waals surface area contributed by atoms with Crippen molar-refractivity contribution in [1.29, 1.82) is 0 Å². The van der Waals surface area contributed by atoms with Crippen LogP contribution in [0.4, 0.5) is 5.69 Å². The Morgan fingerprint density at radius 1 is 1.29 bits per heavy atom. The fourth-order valence-corrected chi connectivity index (χ4v) is 3.84. The summed E-state index contributed by atoms with van der Waals surface area (Å²) in [4.78, 5) is 35.6. The number of rotatable bonds is 6. The molecular weight excluding hydrogens is 392 g/mol. The highest BCUT2D eigenvalue weighted by molar-refractivity contribution is 6.01. The highest BCUT2D eigenvalue weighted by Gasteiger charge is 2.28. The molecule has 1 atom stereocenters. The first-order valence-electron chi connectivity index (χ1n) is 10.2. The number of nitrogens with one attached hydrogen (secondary N) is 1. The van der Waals surface area contributed by atoms with E-state index in [4.69, 9.17) is 4.74 Å². The van der Waals surface area contributed by atoms with Crippen LogP contribution < -0.4 is 10.1 Å². The molecule has 0 aliphatic carbocycles. The van der Waals surface area contributed by atoms with Crippen LogP contribution in [0.5, 0.6) is 5.75 Å². The van der Waals surface area contributed by atoms with Gasteiger partial charge in [0, 0.05) is 36.7 Å². The van der Waals surface area contributed by atoms with Gasteiger partial charge in [-0.05, 0) is 42.7 Å². The van der Waals surface area contributed by atoms with Gasteiger partial charge in [0.2, 0.25) is 5.91 Å². The number of benzene rings is 2. The van der Waals surface area contributed by atoms with Gasteiger partial charge >= 0.3 is 0 Å². The Kier molecular flexibility index (Phi) is 5.93. The maximum atomic E-state index is 13.0. The fraction of sp³-hybridized carbons (Fsp3) is 0.250. The van der Waals surface area contributed by atoms with Gasteiger partial charge in [-0.1, -0.05) is 24.8 Å².